The van der Waals surface area contributed by atoms with Crippen molar-refractivity contribution in [1.29, 1.82) is 0 Å². The molecular formula is C10H11NO. The van der Waals surface area contributed by atoms with Gasteiger partial charge in [-0.25, -0.2) is 0 Å². The molecule has 0 saturated carbocycles. The summed E-state index contributed by atoms with van der Waals surface area (Å²) in [6.45, 7) is 5.08. The summed E-state index contributed by atoms with van der Waals surface area (Å²) in [6, 6.07) is 2.50. The van der Waals surface area contributed by atoms with Crippen molar-refractivity contribution < 1.29 is 4.79 Å². The van der Waals surface area contributed by atoms with Gasteiger partial charge in [0.05, 0.1) is 0 Å². The lowest BCUT2D eigenvalue weighted by Gasteiger charge is -1.92. The van der Waals surface area contributed by atoms with Crippen LogP contribution in [0, 0.1) is 24.3 Å². The van der Waals surface area contributed by atoms with Gasteiger partial charge in [-0.1, -0.05) is 12.5 Å². The molecule has 0 atom stereocenters. The van der Waals surface area contributed by atoms with Crippen LogP contribution in [0.5, 0.6) is 0 Å². The number of unbranched alkanes of at least 4 members (excludes halogenated alkanes) is 1. The Kier molecular flexibility index (Phi) is 5.22. The molecule has 0 heterocycles. The van der Waals surface area contributed by atoms with Crippen LogP contribution in [0.25, 0.3) is 0 Å². The molecule has 0 aliphatic rings. The van der Waals surface area contributed by atoms with Crippen LogP contribution in [0.4, 0.5) is 0 Å². The smallest absolute Gasteiger partial charge is 0.257 e. The van der Waals surface area contributed by atoms with Crippen molar-refractivity contribution in [2.75, 3.05) is 0 Å². The first kappa shape index (κ1) is 10.3. The van der Waals surface area contributed by atoms with E-state index in [2.05, 4.69) is 29.8 Å². The van der Waals surface area contributed by atoms with Crippen molar-refractivity contribution in [3.05, 3.63) is 12.2 Å². The fourth-order valence-corrected chi connectivity index (χ4v) is 0.405. The van der Waals surface area contributed by atoms with E-state index in [-0.39, 0.29) is 5.91 Å². The third-order valence-corrected chi connectivity index (χ3v) is 1.05. The topological polar surface area (TPSA) is 29.1 Å². The second kappa shape index (κ2) is 6.07. The monoisotopic (exact) mass is 161 g/mol. The highest BCUT2D eigenvalue weighted by molar-refractivity contribution is 5.93. The Labute approximate surface area is 73.0 Å². The minimum Gasteiger partial charge on any atom is -0.281 e. The van der Waals surface area contributed by atoms with Crippen molar-refractivity contribution in [3.8, 4) is 24.3 Å². The molecule has 0 aromatic rings. The zero-order chi connectivity index (χ0) is 9.40. The molecule has 2 heteroatoms. The van der Waals surface area contributed by atoms with Gasteiger partial charge in [0.15, 0.2) is 0 Å². The molecule has 0 spiro atoms. The summed E-state index contributed by atoms with van der Waals surface area (Å²) >= 11 is 0. The molecule has 0 aromatic carbocycles. The molecule has 0 rings (SSSR count). The van der Waals surface area contributed by atoms with E-state index in [1.165, 1.54) is 0 Å². The first-order chi connectivity index (χ1) is 5.68. The van der Waals surface area contributed by atoms with Gasteiger partial charge in [-0.05, 0) is 6.92 Å². The lowest BCUT2D eigenvalue weighted by molar-refractivity contribution is -0.116. The molecule has 0 unspecified atom stereocenters. The summed E-state index contributed by atoms with van der Waals surface area (Å²) in [6.07, 6.45) is 6.21. The van der Waals surface area contributed by atoms with E-state index in [9.17, 15) is 4.79 Å². The quantitative estimate of drug-likeness (QED) is 0.279. The first-order valence-corrected chi connectivity index (χ1v) is 3.55. The summed E-state index contributed by atoms with van der Waals surface area (Å²) in [4.78, 5) is 10.8. The van der Waals surface area contributed by atoms with Gasteiger partial charge >= 0.3 is 0 Å². The molecule has 1 amide bonds. The number of carbonyl (C=O) groups excluding carboxylic acids is 1. The molecular weight excluding hydrogens is 150 g/mol. The van der Waals surface area contributed by atoms with Gasteiger partial charge in [-0.3, -0.25) is 10.1 Å². The molecule has 0 aliphatic carbocycles. The number of nitrogens with one attached hydrogen (secondary N) is 1. The lowest BCUT2D eigenvalue weighted by atomic mass is 10.3. The number of hydrogen-bond donors (Lipinski definition) is 1. The maximum absolute atomic E-state index is 10.8. The average Bonchev–Trinajstić information content (AvgIpc) is 2.03. The van der Waals surface area contributed by atoms with Crippen molar-refractivity contribution >= 4 is 5.91 Å². The van der Waals surface area contributed by atoms with Crippen LogP contribution in [0.2, 0.25) is 0 Å². The van der Waals surface area contributed by atoms with Gasteiger partial charge < -0.3 is 0 Å². The Bertz CT molecular complexity index is 272. The lowest BCUT2D eigenvalue weighted by Crippen LogP contribution is -2.17. The molecule has 0 aliphatic heterocycles. The highest BCUT2D eigenvalue weighted by Crippen LogP contribution is 1.84. The molecule has 0 fully saturated rings. The molecule has 0 aromatic heterocycles. The predicted octanol–water partition coefficient (Wildman–Crippen LogP) is 1.05. The third-order valence-electron chi connectivity index (χ3n) is 1.05. The van der Waals surface area contributed by atoms with E-state index < -0.39 is 0 Å². The van der Waals surface area contributed by atoms with Crippen LogP contribution < -0.4 is 5.32 Å². The zero-order valence-corrected chi connectivity index (χ0v) is 7.11. The Balaban J connectivity index is 3.66. The van der Waals surface area contributed by atoms with E-state index in [1.54, 1.807) is 6.92 Å². The minimum absolute atomic E-state index is 0.247. The molecule has 0 bridgehead atoms. The van der Waals surface area contributed by atoms with Crippen molar-refractivity contribution in [2.45, 2.75) is 19.8 Å². The van der Waals surface area contributed by atoms with Crippen molar-refractivity contribution in [2.24, 2.45) is 0 Å². The van der Waals surface area contributed by atoms with Gasteiger partial charge in [0.2, 0.25) is 0 Å². The summed E-state index contributed by atoms with van der Waals surface area (Å²) in [7, 11) is 0. The van der Waals surface area contributed by atoms with Crippen LogP contribution in [-0.4, -0.2) is 5.91 Å². The Hall–Kier alpha value is -1.67. The summed E-state index contributed by atoms with van der Waals surface area (Å²) < 4.78 is 0. The predicted molar refractivity (Wildman–Crippen MR) is 48.8 cm³/mol. The van der Waals surface area contributed by atoms with Crippen LogP contribution in [0.15, 0.2) is 12.2 Å². The highest BCUT2D eigenvalue weighted by Gasteiger charge is 1.95. The Morgan fingerprint density at radius 2 is 2.25 bits per heavy atom. The number of terminal acetylenes is 1. The summed E-state index contributed by atoms with van der Waals surface area (Å²) in [5.41, 5.74) is 0.446. The van der Waals surface area contributed by atoms with E-state index in [0.717, 1.165) is 0 Å². The number of carbonyl (C=O) groups is 1. The van der Waals surface area contributed by atoms with Gasteiger partial charge in [-0.15, -0.1) is 12.3 Å². The molecule has 12 heavy (non-hydrogen) atoms. The maximum Gasteiger partial charge on any atom is 0.257 e. The van der Waals surface area contributed by atoms with Crippen molar-refractivity contribution in [1.82, 2.24) is 5.32 Å². The third kappa shape index (κ3) is 5.14. The Morgan fingerprint density at radius 1 is 1.58 bits per heavy atom. The normalized spacial score (nSPS) is 7.33. The van der Waals surface area contributed by atoms with Crippen molar-refractivity contribution in [3.63, 3.8) is 0 Å². The van der Waals surface area contributed by atoms with Crippen LogP contribution in [-0.2, 0) is 4.79 Å². The highest BCUT2D eigenvalue weighted by atomic mass is 16.1. The molecule has 0 saturated heterocycles. The van der Waals surface area contributed by atoms with Gasteiger partial charge in [0.25, 0.3) is 5.91 Å². The average molecular weight is 161 g/mol. The molecule has 1 N–H and O–H groups in total. The van der Waals surface area contributed by atoms with E-state index >= 15 is 0 Å². The maximum atomic E-state index is 10.8. The number of rotatable bonds is 2. The molecule has 2 nitrogen and oxygen atoms in total. The fourth-order valence-electron chi connectivity index (χ4n) is 0.405. The molecule has 62 valence electrons. The SMILES string of the molecule is C#CCCC#CNC(=O)C(=C)C. The minimum atomic E-state index is -0.247. The first-order valence-electron chi connectivity index (χ1n) is 3.55. The molecule has 0 radical (unpaired) electrons. The fraction of sp³-hybridized carbons (Fsp3) is 0.300. The largest absolute Gasteiger partial charge is 0.281 e. The van der Waals surface area contributed by atoms with E-state index in [0.29, 0.717) is 18.4 Å². The summed E-state index contributed by atoms with van der Waals surface area (Å²) in [5, 5.41) is 2.37. The van der Waals surface area contributed by atoms with E-state index in [4.69, 9.17) is 6.42 Å². The standard InChI is InChI=1S/C10H11NO/c1-4-5-6-7-8-11-10(12)9(2)3/h1H,2,5-6H2,3H3,(H,11,12). The van der Waals surface area contributed by atoms with Crippen LogP contribution in [0.3, 0.4) is 0 Å². The van der Waals surface area contributed by atoms with Gasteiger partial charge in [0.1, 0.15) is 0 Å². The second-order valence-corrected chi connectivity index (χ2v) is 2.24. The van der Waals surface area contributed by atoms with Crippen LogP contribution in [0.1, 0.15) is 19.8 Å². The van der Waals surface area contributed by atoms with E-state index in [1.807, 2.05) is 0 Å². The number of hydrogen-bond acceptors (Lipinski definition) is 1. The number of amides is 1. The summed E-state index contributed by atoms with van der Waals surface area (Å²) in [5.74, 6) is 4.91. The van der Waals surface area contributed by atoms with Gasteiger partial charge in [0, 0.05) is 24.5 Å². The Morgan fingerprint density at radius 3 is 2.75 bits per heavy atom. The second-order valence-electron chi connectivity index (χ2n) is 2.24. The zero-order valence-electron chi connectivity index (χ0n) is 7.11. The van der Waals surface area contributed by atoms with Gasteiger partial charge in [-0.2, -0.15) is 0 Å². The van der Waals surface area contributed by atoms with Crippen LogP contribution >= 0.6 is 0 Å².